The number of methoxy groups -OCH3 is 2. The fourth-order valence-electron chi connectivity index (χ4n) is 4.15. The molecule has 36 heavy (non-hydrogen) atoms. The first-order valence-corrected chi connectivity index (χ1v) is 11.5. The summed E-state index contributed by atoms with van der Waals surface area (Å²) in [6.07, 6.45) is -3.86. The Morgan fingerprint density at radius 3 is 2.44 bits per heavy atom. The van der Waals surface area contributed by atoms with Crippen LogP contribution >= 0.6 is 12.2 Å². The maximum absolute atomic E-state index is 13.7. The average Bonchev–Trinajstić information content (AvgIpc) is 2.85. The molecule has 4 rings (SSSR count). The summed E-state index contributed by atoms with van der Waals surface area (Å²) in [6, 6.07) is 13.9. The van der Waals surface area contributed by atoms with Crippen LogP contribution in [-0.2, 0) is 12.6 Å². The highest BCUT2D eigenvalue weighted by atomic mass is 32.1. The number of rotatable bonds is 6. The van der Waals surface area contributed by atoms with Crippen LogP contribution in [0.15, 0.2) is 60.7 Å². The van der Waals surface area contributed by atoms with Crippen LogP contribution in [0.4, 0.5) is 23.2 Å². The first kappa shape index (κ1) is 25.6. The van der Waals surface area contributed by atoms with E-state index in [-0.39, 0.29) is 12.4 Å². The number of nitrogens with zero attached hydrogens (tertiary/aromatic N) is 1. The quantitative estimate of drug-likeness (QED) is 0.307. The van der Waals surface area contributed by atoms with Gasteiger partial charge in [-0.2, -0.15) is 13.2 Å². The summed E-state index contributed by atoms with van der Waals surface area (Å²) < 4.78 is 70.0. The Hall–Kier alpha value is -3.53. The highest BCUT2D eigenvalue weighted by Gasteiger charge is 2.33. The molecule has 0 aromatic heterocycles. The smallest absolute Gasteiger partial charge is 0.416 e. The van der Waals surface area contributed by atoms with E-state index in [1.165, 1.54) is 31.4 Å². The van der Waals surface area contributed by atoms with E-state index in [0.717, 1.165) is 23.3 Å². The fraction of sp³-hybridized carbons (Fsp3) is 0.269. The van der Waals surface area contributed by atoms with Crippen LogP contribution in [0, 0.1) is 5.82 Å². The maximum atomic E-state index is 13.7. The second kappa shape index (κ2) is 10.6. The minimum Gasteiger partial charge on any atom is -0.493 e. The predicted octanol–water partition coefficient (Wildman–Crippen LogP) is 6.24. The molecule has 0 amide bonds. The minimum absolute atomic E-state index is 0.00869. The van der Waals surface area contributed by atoms with E-state index >= 15 is 0 Å². The van der Waals surface area contributed by atoms with Crippen LogP contribution < -0.4 is 19.5 Å². The molecule has 3 aromatic rings. The molecule has 10 heteroatoms. The van der Waals surface area contributed by atoms with Crippen molar-refractivity contribution in [1.82, 2.24) is 4.90 Å². The molecular weight excluding hydrogens is 496 g/mol. The van der Waals surface area contributed by atoms with Crippen molar-refractivity contribution < 1.29 is 31.8 Å². The van der Waals surface area contributed by atoms with Gasteiger partial charge in [-0.3, -0.25) is 0 Å². The topological polar surface area (TPSA) is 43.0 Å². The zero-order valence-electron chi connectivity index (χ0n) is 19.6. The van der Waals surface area contributed by atoms with Crippen LogP contribution in [0.2, 0.25) is 0 Å². The molecule has 3 aromatic carbocycles. The van der Waals surface area contributed by atoms with Gasteiger partial charge in [0.2, 0.25) is 0 Å². The normalized spacial score (nSPS) is 15.2. The van der Waals surface area contributed by atoms with Crippen LogP contribution in [0.5, 0.6) is 17.2 Å². The van der Waals surface area contributed by atoms with Crippen molar-refractivity contribution in [1.29, 1.82) is 0 Å². The van der Waals surface area contributed by atoms with Gasteiger partial charge in [-0.05, 0) is 78.3 Å². The van der Waals surface area contributed by atoms with Gasteiger partial charge in [-0.25, -0.2) is 4.39 Å². The highest BCUT2D eigenvalue weighted by molar-refractivity contribution is 7.80. The molecule has 1 atom stereocenters. The monoisotopic (exact) mass is 520 g/mol. The lowest BCUT2D eigenvalue weighted by Gasteiger charge is -2.39. The Balaban J connectivity index is 1.65. The second-order valence-corrected chi connectivity index (χ2v) is 8.53. The molecule has 0 radical (unpaired) electrons. The van der Waals surface area contributed by atoms with E-state index in [0.29, 0.717) is 35.3 Å². The summed E-state index contributed by atoms with van der Waals surface area (Å²) >= 11 is 5.65. The number of ether oxygens (including phenoxy) is 3. The lowest BCUT2D eigenvalue weighted by molar-refractivity contribution is -0.137. The summed E-state index contributed by atoms with van der Waals surface area (Å²) in [6.45, 7) is 0.509. The summed E-state index contributed by atoms with van der Waals surface area (Å²) in [4.78, 5) is 1.88. The molecular formula is C26H24F4N2O3S. The summed E-state index contributed by atoms with van der Waals surface area (Å²) in [5, 5.41) is 3.38. The predicted molar refractivity (Wildman–Crippen MR) is 132 cm³/mol. The molecule has 0 spiro atoms. The number of benzene rings is 3. The fourth-order valence-corrected chi connectivity index (χ4v) is 4.49. The van der Waals surface area contributed by atoms with E-state index in [9.17, 15) is 17.6 Å². The van der Waals surface area contributed by atoms with Gasteiger partial charge in [0.25, 0.3) is 0 Å². The summed E-state index contributed by atoms with van der Waals surface area (Å²) in [5.74, 6) is 0.753. The van der Waals surface area contributed by atoms with E-state index in [2.05, 4.69) is 5.32 Å². The number of hydrogen-bond acceptors (Lipinski definition) is 4. The van der Waals surface area contributed by atoms with Crippen molar-refractivity contribution in [2.75, 3.05) is 32.7 Å². The van der Waals surface area contributed by atoms with Crippen molar-refractivity contribution in [3.8, 4) is 17.2 Å². The Labute approximate surface area is 211 Å². The zero-order valence-corrected chi connectivity index (χ0v) is 20.4. The number of anilines is 1. The number of halogens is 4. The van der Waals surface area contributed by atoms with E-state index in [4.69, 9.17) is 26.4 Å². The molecule has 1 N–H and O–H groups in total. The number of nitrogens with one attached hydrogen (secondary N) is 1. The number of fused-ring (bicyclic) bond motifs is 1. The van der Waals surface area contributed by atoms with Crippen molar-refractivity contribution in [3.05, 3.63) is 83.2 Å². The van der Waals surface area contributed by atoms with Crippen LogP contribution in [0.1, 0.15) is 22.7 Å². The van der Waals surface area contributed by atoms with E-state index in [1.807, 2.05) is 17.0 Å². The van der Waals surface area contributed by atoms with Gasteiger partial charge in [0.1, 0.15) is 18.2 Å². The Morgan fingerprint density at radius 2 is 1.75 bits per heavy atom. The second-order valence-electron chi connectivity index (χ2n) is 8.14. The van der Waals surface area contributed by atoms with Gasteiger partial charge >= 0.3 is 6.18 Å². The van der Waals surface area contributed by atoms with Crippen molar-refractivity contribution in [2.45, 2.75) is 18.6 Å². The first-order valence-electron chi connectivity index (χ1n) is 11.1. The SMILES string of the molecule is COc1cc2c(cc1OC)C(COc1cccc(C(F)(F)F)c1)N(C(=S)Nc1cccc(F)c1)CC2. The van der Waals surface area contributed by atoms with E-state index < -0.39 is 23.6 Å². The van der Waals surface area contributed by atoms with Gasteiger partial charge in [0, 0.05) is 12.2 Å². The van der Waals surface area contributed by atoms with Gasteiger partial charge < -0.3 is 24.4 Å². The van der Waals surface area contributed by atoms with Gasteiger partial charge in [0.15, 0.2) is 16.6 Å². The molecule has 0 fully saturated rings. The molecule has 5 nitrogen and oxygen atoms in total. The summed E-state index contributed by atoms with van der Waals surface area (Å²) in [5.41, 5.74) is 1.51. The molecule has 1 aliphatic heterocycles. The molecule has 0 saturated carbocycles. The number of thiocarbonyl (C=S) groups is 1. The van der Waals surface area contributed by atoms with Crippen LogP contribution in [-0.4, -0.2) is 37.4 Å². The van der Waals surface area contributed by atoms with Crippen LogP contribution in [0.25, 0.3) is 0 Å². The molecule has 0 aliphatic carbocycles. The third-order valence-electron chi connectivity index (χ3n) is 5.91. The highest BCUT2D eigenvalue weighted by Crippen LogP contribution is 2.39. The largest absolute Gasteiger partial charge is 0.493 e. The average molecular weight is 521 g/mol. The van der Waals surface area contributed by atoms with Crippen molar-refractivity contribution in [2.24, 2.45) is 0 Å². The lowest BCUT2D eigenvalue weighted by Crippen LogP contribution is -2.44. The zero-order chi connectivity index (χ0) is 25.9. The Morgan fingerprint density at radius 1 is 1.03 bits per heavy atom. The third kappa shape index (κ3) is 5.64. The molecule has 0 saturated heterocycles. The van der Waals surface area contributed by atoms with Gasteiger partial charge in [-0.15, -0.1) is 0 Å². The third-order valence-corrected chi connectivity index (χ3v) is 6.25. The lowest BCUT2D eigenvalue weighted by atomic mass is 9.92. The molecule has 1 heterocycles. The first-order chi connectivity index (χ1) is 17.2. The van der Waals surface area contributed by atoms with Gasteiger partial charge in [0.05, 0.1) is 25.8 Å². The minimum atomic E-state index is -4.48. The van der Waals surface area contributed by atoms with E-state index in [1.54, 1.807) is 19.2 Å². The standard InChI is InChI=1S/C26H24F4N2O3S/c1-33-23-11-16-9-10-32(25(36)31-19-7-4-6-18(27)13-19)22(21(16)14-24(23)34-2)15-35-20-8-3-5-17(12-20)26(28,29)30/h3-8,11-14,22H,9-10,15H2,1-2H3,(H,31,36). The number of alkyl halides is 3. The molecule has 190 valence electrons. The molecule has 0 bridgehead atoms. The van der Waals surface area contributed by atoms with Crippen LogP contribution in [0.3, 0.4) is 0 Å². The molecule has 1 unspecified atom stereocenters. The number of hydrogen-bond donors (Lipinski definition) is 1. The molecule has 1 aliphatic rings. The Kier molecular flexibility index (Phi) is 7.53. The Bertz CT molecular complexity index is 1250. The van der Waals surface area contributed by atoms with Gasteiger partial charge in [-0.1, -0.05) is 12.1 Å². The summed E-state index contributed by atoms with van der Waals surface area (Å²) in [7, 11) is 3.07. The maximum Gasteiger partial charge on any atom is 0.416 e. The van der Waals surface area contributed by atoms with Crippen molar-refractivity contribution >= 4 is 23.0 Å². The van der Waals surface area contributed by atoms with Crippen molar-refractivity contribution in [3.63, 3.8) is 0 Å².